The summed E-state index contributed by atoms with van der Waals surface area (Å²) in [6.07, 6.45) is 1.07. The van der Waals surface area contributed by atoms with Crippen LogP contribution in [0.3, 0.4) is 0 Å². The van der Waals surface area contributed by atoms with Gasteiger partial charge in [0.2, 0.25) is 17.7 Å². The molecule has 0 unspecified atom stereocenters. The highest BCUT2D eigenvalue weighted by Gasteiger charge is 2.44. The molecule has 1 saturated heterocycles. The number of benzene rings is 8. The minimum atomic E-state index is -1.28. The van der Waals surface area contributed by atoms with E-state index in [0.29, 0.717) is 25.8 Å². The van der Waals surface area contributed by atoms with E-state index in [-0.39, 0.29) is 43.6 Å². The number of carbonyl (C=O) groups excluding carboxylic acids is 6. The van der Waals surface area contributed by atoms with Gasteiger partial charge in [-0.05, 0) is 107 Å². The number of rotatable bonds is 27. The SMILES string of the molecule is Cc1ccc(C(NCCCC[C@H](NC(=O)OCC2c3ccccc3-c3ccccc32)C(=O)N[C@@H](CSC(c2ccccc2)(c2ccccc2)c2ccccc2)C(=O)N2CCC[C@H]2C(=O)OCC(=O)N[C@H](C(N)=O)C(C)C)(c2ccccc2)c2ccccc2)cc1. The van der Waals surface area contributed by atoms with E-state index in [1.54, 1.807) is 13.8 Å². The second kappa shape index (κ2) is 29.8. The number of nitrogens with one attached hydrogen (secondary N) is 4. The number of hydrogen-bond acceptors (Lipinski definition) is 10. The van der Waals surface area contributed by atoms with Crippen LogP contribution in [0.4, 0.5) is 4.79 Å². The summed E-state index contributed by atoms with van der Waals surface area (Å²) in [6, 6.07) is 70.8. The minimum Gasteiger partial charge on any atom is -0.454 e. The van der Waals surface area contributed by atoms with Crippen molar-refractivity contribution in [1.29, 1.82) is 0 Å². The van der Waals surface area contributed by atoms with Gasteiger partial charge in [-0.15, -0.1) is 11.8 Å². The Kier molecular flexibility index (Phi) is 21.1. The highest BCUT2D eigenvalue weighted by molar-refractivity contribution is 8.00. The molecule has 10 rings (SSSR count). The van der Waals surface area contributed by atoms with Gasteiger partial charge in [0.15, 0.2) is 6.61 Å². The van der Waals surface area contributed by atoms with Gasteiger partial charge in [0.1, 0.15) is 30.8 Å². The fourth-order valence-corrected chi connectivity index (χ4v) is 14.3. The van der Waals surface area contributed by atoms with Crippen molar-refractivity contribution < 1.29 is 38.2 Å². The van der Waals surface area contributed by atoms with E-state index in [0.717, 1.165) is 61.2 Å². The van der Waals surface area contributed by atoms with Crippen molar-refractivity contribution >= 4 is 47.5 Å². The van der Waals surface area contributed by atoms with Crippen molar-refractivity contribution in [3.8, 4) is 11.1 Å². The summed E-state index contributed by atoms with van der Waals surface area (Å²) in [5.41, 5.74) is 16.1. The number of alkyl carbamates (subject to hydrolysis) is 1. The number of aryl methyl sites for hydroxylation is 1. The number of thioether (sulfide) groups is 1. The molecule has 462 valence electrons. The van der Waals surface area contributed by atoms with Gasteiger partial charge < -0.3 is 36.1 Å². The summed E-state index contributed by atoms with van der Waals surface area (Å²) in [4.78, 5) is 86.4. The van der Waals surface area contributed by atoms with Crippen molar-refractivity contribution in [1.82, 2.24) is 26.2 Å². The number of ether oxygens (including phenoxy) is 2. The van der Waals surface area contributed by atoms with Gasteiger partial charge in [0.05, 0.1) is 10.3 Å². The molecule has 15 heteroatoms. The predicted octanol–water partition coefficient (Wildman–Crippen LogP) is 11.3. The van der Waals surface area contributed by atoms with E-state index >= 15 is 9.59 Å². The van der Waals surface area contributed by atoms with E-state index in [1.807, 2.05) is 164 Å². The molecule has 1 heterocycles. The van der Waals surface area contributed by atoms with Crippen molar-refractivity contribution in [2.45, 2.75) is 93.2 Å². The molecule has 8 aromatic carbocycles. The largest absolute Gasteiger partial charge is 0.454 e. The first-order chi connectivity index (χ1) is 43.8. The number of nitrogens with two attached hydrogens (primary N) is 1. The Hall–Kier alpha value is -9.31. The molecule has 8 aromatic rings. The predicted molar refractivity (Wildman–Crippen MR) is 353 cm³/mol. The van der Waals surface area contributed by atoms with Crippen LogP contribution in [0.5, 0.6) is 0 Å². The average molecular weight is 1220 g/mol. The first kappa shape index (κ1) is 63.7. The van der Waals surface area contributed by atoms with Crippen molar-refractivity contribution in [2.75, 3.05) is 32.1 Å². The maximum atomic E-state index is 15.7. The molecule has 1 aliphatic heterocycles. The lowest BCUT2D eigenvalue weighted by Gasteiger charge is -2.37. The molecule has 5 amide bonds. The maximum Gasteiger partial charge on any atom is 0.407 e. The van der Waals surface area contributed by atoms with Crippen LogP contribution in [0.15, 0.2) is 224 Å². The number of esters is 1. The standard InChI is InChI=1S/C75H78N6O8S/c1-51(2)68(69(76)83)80-67(82)49-88-72(86)66-41-25-47-81(66)71(85)65(50-90-75(56-30-13-6-14-31-56,57-32-15-7-16-33-57)58-34-17-8-18-35-58)78-70(84)64(79-73(87)89-48-63-61-38-21-19-36-59(61)60-37-20-22-39-62(60)63)40-23-24-46-77-74(53-26-9-4-10-27-53,54-28-11-5-12-29-54)55-44-42-52(3)43-45-55/h4-22,26-39,42-45,51,63-66,68,77H,23-25,40-41,46-50H2,1-3H3,(H2,76,83)(H,78,84)(H,79,87)(H,80,82)/t64-,65-,66-,68-/m0/s1. The fraction of sp³-hybridized carbons (Fsp3) is 0.280. The number of unbranched alkanes of at least 4 members (excludes halogenated alkanes) is 1. The molecular formula is C75H78N6O8S. The fourth-order valence-electron chi connectivity index (χ4n) is 12.7. The van der Waals surface area contributed by atoms with Gasteiger partial charge in [0, 0.05) is 18.2 Å². The molecule has 0 bridgehead atoms. The average Bonchev–Trinajstić information content (AvgIpc) is 1.13. The van der Waals surface area contributed by atoms with Crippen LogP contribution in [0.2, 0.25) is 0 Å². The summed E-state index contributed by atoms with van der Waals surface area (Å²) in [5, 5.41) is 12.6. The quantitative estimate of drug-likeness (QED) is 0.0188. The number of primary amides is 1. The third kappa shape index (κ3) is 14.4. The molecule has 0 saturated carbocycles. The van der Waals surface area contributed by atoms with Crippen molar-refractivity contribution in [3.05, 3.63) is 275 Å². The first-order valence-corrected chi connectivity index (χ1v) is 32.0. The van der Waals surface area contributed by atoms with Crippen LogP contribution in [0.1, 0.15) is 102 Å². The zero-order valence-electron chi connectivity index (χ0n) is 51.1. The molecular weight excluding hydrogens is 1140 g/mol. The topological polar surface area (TPSA) is 198 Å². The normalized spacial score (nSPS) is 14.8. The van der Waals surface area contributed by atoms with Crippen molar-refractivity contribution in [2.24, 2.45) is 11.7 Å². The Morgan fingerprint density at radius 1 is 0.578 bits per heavy atom. The van der Waals surface area contributed by atoms with Gasteiger partial charge >= 0.3 is 12.1 Å². The number of carbonyl (C=O) groups is 6. The zero-order chi connectivity index (χ0) is 63.0. The number of amides is 5. The molecule has 0 radical (unpaired) electrons. The highest BCUT2D eigenvalue weighted by Crippen LogP contribution is 2.49. The lowest BCUT2D eigenvalue weighted by molar-refractivity contribution is -0.156. The van der Waals surface area contributed by atoms with Crippen LogP contribution in [0.25, 0.3) is 11.1 Å². The first-order valence-electron chi connectivity index (χ1n) is 31.0. The summed E-state index contributed by atoms with van der Waals surface area (Å²) in [5.74, 6) is -3.99. The van der Waals surface area contributed by atoms with Crippen LogP contribution >= 0.6 is 11.8 Å². The maximum absolute atomic E-state index is 15.7. The van der Waals surface area contributed by atoms with Gasteiger partial charge in [-0.3, -0.25) is 24.5 Å². The lowest BCUT2D eigenvalue weighted by Crippen LogP contribution is -2.57. The summed E-state index contributed by atoms with van der Waals surface area (Å²) in [6.45, 7) is 5.50. The second-order valence-electron chi connectivity index (χ2n) is 23.4. The van der Waals surface area contributed by atoms with E-state index in [4.69, 9.17) is 15.2 Å². The summed E-state index contributed by atoms with van der Waals surface area (Å²) < 4.78 is 10.8. The number of hydrogen-bond donors (Lipinski definition) is 5. The number of nitrogens with zero attached hydrogens (tertiary/aromatic N) is 1. The smallest absolute Gasteiger partial charge is 0.407 e. The molecule has 2 aliphatic rings. The molecule has 6 N–H and O–H groups in total. The van der Waals surface area contributed by atoms with Gasteiger partial charge in [-0.2, -0.15) is 0 Å². The van der Waals surface area contributed by atoms with E-state index in [2.05, 4.69) is 88.9 Å². The van der Waals surface area contributed by atoms with Crippen molar-refractivity contribution in [3.63, 3.8) is 0 Å². The molecule has 90 heavy (non-hydrogen) atoms. The zero-order valence-corrected chi connectivity index (χ0v) is 51.9. The minimum absolute atomic E-state index is 0.00468. The molecule has 0 spiro atoms. The van der Waals surface area contributed by atoms with Crippen LogP contribution in [-0.4, -0.2) is 96.8 Å². The van der Waals surface area contributed by atoms with E-state index in [1.165, 1.54) is 16.7 Å². The summed E-state index contributed by atoms with van der Waals surface area (Å²) in [7, 11) is 0. The Morgan fingerprint density at radius 2 is 1.07 bits per heavy atom. The summed E-state index contributed by atoms with van der Waals surface area (Å²) >= 11 is 1.47. The van der Waals surface area contributed by atoms with E-state index in [9.17, 15) is 19.2 Å². The second-order valence-corrected chi connectivity index (χ2v) is 24.7. The monoisotopic (exact) mass is 1220 g/mol. The Balaban J connectivity index is 0.959. The Morgan fingerprint density at radius 3 is 1.58 bits per heavy atom. The van der Waals surface area contributed by atoms with Crippen LogP contribution < -0.4 is 27.0 Å². The number of likely N-dealkylation sites (tertiary alicyclic amines) is 1. The Labute approximate surface area is 531 Å². The molecule has 1 aliphatic carbocycles. The molecule has 0 aromatic heterocycles. The van der Waals surface area contributed by atoms with E-state index < -0.39 is 76.8 Å². The van der Waals surface area contributed by atoms with Crippen LogP contribution in [-0.2, 0) is 43.7 Å². The van der Waals surface area contributed by atoms with Gasteiger partial charge in [-0.25, -0.2) is 9.59 Å². The molecule has 14 nitrogen and oxygen atoms in total. The Bertz CT molecular complexity index is 3550. The third-order valence-electron chi connectivity index (χ3n) is 17.2. The number of fused-ring (bicyclic) bond motifs is 3. The lowest BCUT2D eigenvalue weighted by atomic mass is 9.76. The molecule has 4 atom stereocenters. The third-order valence-corrected chi connectivity index (χ3v) is 18.9. The van der Waals surface area contributed by atoms with Crippen LogP contribution in [0, 0.1) is 12.8 Å². The highest BCUT2D eigenvalue weighted by atomic mass is 32.2. The van der Waals surface area contributed by atoms with Gasteiger partial charge in [-0.1, -0.05) is 244 Å². The van der Waals surface area contributed by atoms with Gasteiger partial charge in [0.25, 0.3) is 5.91 Å². The molecule has 1 fully saturated rings.